The van der Waals surface area contributed by atoms with Crippen molar-refractivity contribution in [3.8, 4) is 0 Å². The first-order valence-electron chi connectivity index (χ1n) is 5.03. The van der Waals surface area contributed by atoms with Crippen LogP contribution >= 0.6 is 0 Å². The second-order valence-corrected chi connectivity index (χ2v) is 4.50. The lowest BCUT2D eigenvalue weighted by atomic mass is 9.85. The van der Waals surface area contributed by atoms with Gasteiger partial charge in [-0.1, -0.05) is 32.0 Å². The summed E-state index contributed by atoms with van der Waals surface area (Å²) in [7, 11) is 0. The maximum atomic E-state index is 11.5. The summed E-state index contributed by atoms with van der Waals surface area (Å²) in [5, 5.41) is 10.1. The van der Waals surface area contributed by atoms with E-state index in [1.807, 2.05) is 38.1 Å². The third kappa shape index (κ3) is 1.27. The zero-order valence-corrected chi connectivity index (χ0v) is 9.19. The topological polar surface area (TPSA) is 40.5 Å². The number of benzene rings is 1. The Balaban J connectivity index is 2.62. The average Bonchev–Trinajstić information content (AvgIpc) is 2.36. The molecule has 1 atom stereocenters. The molecular formula is C12H15NO2. The molecule has 0 bridgehead atoms. The summed E-state index contributed by atoms with van der Waals surface area (Å²) in [6, 6.07) is 7.63. The van der Waals surface area contributed by atoms with Crippen LogP contribution in [0.4, 0.5) is 5.69 Å². The first-order chi connectivity index (χ1) is 6.96. The van der Waals surface area contributed by atoms with Crippen LogP contribution in [0.1, 0.15) is 26.3 Å². The normalized spacial score (nSPS) is 22.7. The predicted octanol–water partition coefficient (Wildman–Crippen LogP) is 1.65. The number of fused-ring (bicyclic) bond motifs is 1. The number of anilines is 1. The summed E-state index contributed by atoms with van der Waals surface area (Å²) in [6.07, 6.45) is -0.771. The molecule has 2 rings (SSSR count). The van der Waals surface area contributed by atoms with Crippen molar-refractivity contribution in [2.45, 2.75) is 32.4 Å². The molecule has 1 amide bonds. The molecule has 0 saturated heterocycles. The number of aliphatic hydroxyl groups excluding tert-OH is 1. The van der Waals surface area contributed by atoms with Crippen molar-refractivity contribution < 1.29 is 9.90 Å². The van der Waals surface area contributed by atoms with E-state index >= 15 is 0 Å². The smallest absolute Gasteiger partial charge is 0.226 e. The van der Waals surface area contributed by atoms with Crippen molar-refractivity contribution in [1.29, 1.82) is 0 Å². The van der Waals surface area contributed by atoms with Gasteiger partial charge in [-0.25, -0.2) is 0 Å². The molecule has 0 aromatic heterocycles. The van der Waals surface area contributed by atoms with Crippen LogP contribution in [0, 0.1) is 0 Å². The second-order valence-electron chi connectivity index (χ2n) is 4.50. The third-order valence-corrected chi connectivity index (χ3v) is 3.09. The zero-order chi connectivity index (χ0) is 11.2. The van der Waals surface area contributed by atoms with E-state index in [2.05, 4.69) is 0 Å². The fourth-order valence-corrected chi connectivity index (χ4v) is 2.16. The van der Waals surface area contributed by atoms with Crippen LogP contribution in [0.3, 0.4) is 0 Å². The third-order valence-electron chi connectivity index (χ3n) is 3.09. The quantitative estimate of drug-likeness (QED) is 0.699. The highest BCUT2D eigenvalue weighted by atomic mass is 16.3. The molecule has 1 aromatic carbocycles. The molecule has 0 radical (unpaired) electrons. The van der Waals surface area contributed by atoms with Crippen molar-refractivity contribution >= 4 is 11.6 Å². The number of amides is 1. The van der Waals surface area contributed by atoms with Gasteiger partial charge in [0, 0.05) is 12.3 Å². The van der Waals surface area contributed by atoms with E-state index < -0.39 is 11.6 Å². The molecule has 3 nitrogen and oxygen atoms in total. The van der Waals surface area contributed by atoms with E-state index in [4.69, 9.17) is 0 Å². The van der Waals surface area contributed by atoms with Crippen molar-refractivity contribution in [3.63, 3.8) is 0 Å². The van der Waals surface area contributed by atoms with Crippen LogP contribution in [0.5, 0.6) is 0 Å². The molecule has 15 heavy (non-hydrogen) atoms. The van der Waals surface area contributed by atoms with Crippen molar-refractivity contribution in [2.24, 2.45) is 0 Å². The molecule has 0 aliphatic carbocycles. The Morgan fingerprint density at radius 1 is 1.40 bits per heavy atom. The number of hydrogen-bond donors (Lipinski definition) is 1. The van der Waals surface area contributed by atoms with Crippen LogP contribution < -0.4 is 4.90 Å². The molecule has 0 saturated carbocycles. The molecular weight excluding hydrogens is 190 g/mol. The van der Waals surface area contributed by atoms with Gasteiger partial charge in [-0.15, -0.1) is 0 Å². The van der Waals surface area contributed by atoms with Gasteiger partial charge in [0.2, 0.25) is 5.91 Å². The molecule has 0 spiro atoms. The Kier molecular flexibility index (Phi) is 2.08. The summed E-state index contributed by atoms with van der Waals surface area (Å²) in [5.41, 5.74) is 1.44. The number of aliphatic hydroxyl groups is 1. The number of nitrogens with zero attached hydrogens (tertiary/aromatic N) is 1. The van der Waals surface area contributed by atoms with E-state index in [9.17, 15) is 9.90 Å². The lowest BCUT2D eigenvalue weighted by Crippen LogP contribution is -2.43. The largest absolute Gasteiger partial charge is 0.372 e. The molecule has 80 valence electrons. The molecule has 1 heterocycles. The number of para-hydroxylation sites is 1. The molecule has 1 N–H and O–H groups in total. The van der Waals surface area contributed by atoms with Crippen LogP contribution in [0.15, 0.2) is 24.3 Å². The van der Waals surface area contributed by atoms with Gasteiger partial charge >= 0.3 is 0 Å². The van der Waals surface area contributed by atoms with Gasteiger partial charge in [0.1, 0.15) is 6.23 Å². The van der Waals surface area contributed by atoms with Crippen LogP contribution in [0.25, 0.3) is 0 Å². The Morgan fingerprint density at radius 2 is 2.00 bits per heavy atom. The van der Waals surface area contributed by atoms with E-state index in [1.165, 1.54) is 11.8 Å². The summed E-state index contributed by atoms with van der Waals surface area (Å²) < 4.78 is 0. The molecule has 0 fully saturated rings. The SMILES string of the molecule is CC(=O)N1c2ccccc2C(C)(C)[C@H]1O. The van der Waals surface area contributed by atoms with E-state index in [1.54, 1.807) is 0 Å². The van der Waals surface area contributed by atoms with Gasteiger partial charge in [0.05, 0.1) is 5.69 Å². The molecule has 3 heteroatoms. The zero-order valence-electron chi connectivity index (χ0n) is 9.19. The standard InChI is InChI=1S/C12H15NO2/c1-8(14)13-10-7-5-4-6-9(10)12(2,3)11(13)15/h4-7,11,15H,1-3H3/t11-/m1/s1. The maximum absolute atomic E-state index is 11.5. The summed E-state index contributed by atoms with van der Waals surface area (Å²) >= 11 is 0. The fourth-order valence-electron chi connectivity index (χ4n) is 2.16. The van der Waals surface area contributed by atoms with Gasteiger partial charge in [-0.3, -0.25) is 9.69 Å². The van der Waals surface area contributed by atoms with Crippen molar-refractivity contribution in [1.82, 2.24) is 0 Å². The monoisotopic (exact) mass is 205 g/mol. The van der Waals surface area contributed by atoms with Crippen LogP contribution in [-0.4, -0.2) is 17.2 Å². The number of carbonyl (C=O) groups excluding carboxylic acids is 1. The van der Waals surface area contributed by atoms with Gasteiger partial charge in [-0.2, -0.15) is 0 Å². The van der Waals surface area contributed by atoms with E-state index in [-0.39, 0.29) is 5.91 Å². The van der Waals surface area contributed by atoms with Crippen molar-refractivity contribution in [2.75, 3.05) is 4.90 Å². The Hall–Kier alpha value is -1.35. The number of carbonyl (C=O) groups is 1. The lowest BCUT2D eigenvalue weighted by Gasteiger charge is -2.27. The van der Waals surface area contributed by atoms with E-state index in [0.29, 0.717) is 0 Å². The minimum atomic E-state index is -0.771. The average molecular weight is 205 g/mol. The lowest BCUT2D eigenvalue weighted by molar-refractivity contribution is -0.118. The Labute approximate surface area is 89.3 Å². The fraction of sp³-hybridized carbons (Fsp3) is 0.417. The molecule has 1 aliphatic rings. The van der Waals surface area contributed by atoms with Gasteiger partial charge < -0.3 is 5.11 Å². The molecule has 0 unspecified atom stereocenters. The summed E-state index contributed by atoms with van der Waals surface area (Å²) in [5.74, 6) is -0.125. The summed E-state index contributed by atoms with van der Waals surface area (Å²) in [4.78, 5) is 12.9. The van der Waals surface area contributed by atoms with Crippen LogP contribution in [0.2, 0.25) is 0 Å². The van der Waals surface area contributed by atoms with Gasteiger partial charge in [0.25, 0.3) is 0 Å². The highest BCUT2D eigenvalue weighted by molar-refractivity contribution is 5.95. The molecule has 1 aromatic rings. The first-order valence-corrected chi connectivity index (χ1v) is 5.03. The minimum absolute atomic E-state index is 0.125. The van der Waals surface area contributed by atoms with Crippen molar-refractivity contribution in [3.05, 3.63) is 29.8 Å². The Bertz CT molecular complexity index is 412. The first kappa shape index (κ1) is 10.2. The van der Waals surface area contributed by atoms with Gasteiger partial charge in [0.15, 0.2) is 0 Å². The number of rotatable bonds is 0. The Morgan fingerprint density at radius 3 is 2.60 bits per heavy atom. The van der Waals surface area contributed by atoms with Gasteiger partial charge in [-0.05, 0) is 11.6 Å². The maximum Gasteiger partial charge on any atom is 0.226 e. The van der Waals surface area contributed by atoms with Crippen LogP contribution in [-0.2, 0) is 10.2 Å². The molecule has 1 aliphatic heterocycles. The number of hydrogen-bond acceptors (Lipinski definition) is 2. The summed E-state index contributed by atoms with van der Waals surface area (Å²) in [6.45, 7) is 5.36. The van der Waals surface area contributed by atoms with E-state index in [0.717, 1.165) is 11.3 Å². The predicted molar refractivity (Wildman–Crippen MR) is 58.6 cm³/mol. The highest BCUT2D eigenvalue weighted by Crippen LogP contribution is 2.43. The second kappa shape index (κ2) is 3.07. The highest BCUT2D eigenvalue weighted by Gasteiger charge is 2.44. The minimum Gasteiger partial charge on any atom is -0.372 e.